The van der Waals surface area contributed by atoms with E-state index in [1.165, 1.54) is 4.80 Å². The molecule has 0 spiro atoms. The molecule has 3 rings (SSSR count). The van der Waals surface area contributed by atoms with Crippen LogP contribution in [0.2, 0.25) is 0 Å². The van der Waals surface area contributed by atoms with Crippen LogP contribution in [0.15, 0.2) is 0 Å². The minimum absolute atomic E-state index is 0.195. The van der Waals surface area contributed by atoms with E-state index in [1.807, 2.05) is 6.92 Å². The summed E-state index contributed by atoms with van der Waals surface area (Å²) in [6.07, 6.45) is -0.195. The van der Waals surface area contributed by atoms with Crippen molar-refractivity contribution in [3.05, 3.63) is 10.8 Å². The summed E-state index contributed by atoms with van der Waals surface area (Å²) in [6, 6.07) is 0. The minimum Gasteiger partial charge on any atom is -0.383 e. The van der Waals surface area contributed by atoms with E-state index in [0.29, 0.717) is 32.1 Å². The van der Waals surface area contributed by atoms with E-state index in [2.05, 4.69) is 30.5 Å². The molecule has 0 bridgehead atoms. The monoisotopic (exact) mass is 311 g/mol. The molecular formula is C11H17N7O2S. The zero-order valence-electron chi connectivity index (χ0n) is 12.0. The van der Waals surface area contributed by atoms with Gasteiger partial charge in [-0.2, -0.15) is 4.80 Å². The summed E-state index contributed by atoms with van der Waals surface area (Å²) in [7, 11) is 1.64. The van der Waals surface area contributed by atoms with Crippen molar-refractivity contribution in [2.45, 2.75) is 19.6 Å². The van der Waals surface area contributed by atoms with Crippen LogP contribution in [0.25, 0.3) is 0 Å². The number of tetrazole rings is 1. The van der Waals surface area contributed by atoms with Crippen LogP contribution in [0, 0.1) is 6.92 Å². The Balaban J connectivity index is 1.66. The van der Waals surface area contributed by atoms with Gasteiger partial charge in [0.2, 0.25) is 11.0 Å². The summed E-state index contributed by atoms with van der Waals surface area (Å²) in [5.74, 6) is 0.594. The molecule has 1 aliphatic rings. The number of morpholine rings is 1. The number of rotatable bonds is 5. The summed E-state index contributed by atoms with van der Waals surface area (Å²) in [6.45, 7) is 5.14. The SMILES string of the molecule is COCCn1nnc(C2CN(c3nnc(C)s3)CCO2)n1. The number of nitrogens with zero attached hydrogens (tertiary/aromatic N) is 7. The van der Waals surface area contributed by atoms with Crippen molar-refractivity contribution >= 4 is 16.5 Å². The lowest BCUT2D eigenvalue weighted by atomic mass is 10.3. The molecule has 0 aliphatic carbocycles. The quantitative estimate of drug-likeness (QED) is 0.765. The number of aryl methyl sites for hydroxylation is 1. The lowest BCUT2D eigenvalue weighted by Crippen LogP contribution is -2.38. The van der Waals surface area contributed by atoms with E-state index in [4.69, 9.17) is 9.47 Å². The molecule has 3 heterocycles. The van der Waals surface area contributed by atoms with Gasteiger partial charge in [-0.05, 0) is 12.1 Å². The average molecular weight is 311 g/mol. The highest BCUT2D eigenvalue weighted by Crippen LogP contribution is 2.26. The predicted molar refractivity (Wildman–Crippen MR) is 75.2 cm³/mol. The lowest BCUT2D eigenvalue weighted by molar-refractivity contribution is 0.0337. The van der Waals surface area contributed by atoms with E-state index < -0.39 is 0 Å². The van der Waals surface area contributed by atoms with Gasteiger partial charge >= 0.3 is 0 Å². The van der Waals surface area contributed by atoms with Gasteiger partial charge in [0.05, 0.1) is 26.3 Å². The highest BCUT2D eigenvalue weighted by atomic mass is 32.1. The molecule has 1 fully saturated rings. The molecule has 0 aromatic carbocycles. The van der Waals surface area contributed by atoms with Gasteiger partial charge in [-0.15, -0.1) is 20.4 Å². The smallest absolute Gasteiger partial charge is 0.208 e. The van der Waals surface area contributed by atoms with Gasteiger partial charge in [0.25, 0.3) is 0 Å². The van der Waals surface area contributed by atoms with Crippen molar-refractivity contribution in [2.75, 3.05) is 38.3 Å². The molecule has 0 N–H and O–H groups in total. The summed E-state index contributed by atoms with van der Waals surface area (Å²) in [5, 5.41) is 22.5. The largest absolute Gasteiger partial charge is 0.383 e. The molecule has 9 nitrogen and oxygen atoms in total. The Labute approximate surface area is 125 Å². The number of ether oxygens (including phenoxy) is 2. The van der Waals surface area contributed by atoms with E-state index in [9.17, 15) is 0 Å². The number of anilines is 1. The third kappa shape index (κ3) is 3.34. The molecule has 10 heteroatoms. The van der Waals surface area contributed by atoms with Gasteiger partial charge in [-0.25, -0.2) is 0 Å². The zero-order valence-corrected chi connectivity index (χ0v) is 12.8. The summed E-state index contributed by atoms with van der Waals surface area (Å²) < 4.78 is 10.7. The van der Waals surface area contributed by atoms with Crippen molar-refractivity contribution in [1.82, 2.24) is 30.4 Å². The van der Waals surface area contributed by atoms with Crippen LogP contribution in [0.5, 0.6) is 0 Å². The zero-order chi connectivity index (χ0) is 14.7. The van der Waals surface area contributed by atoms with Gasteiger partial charge in [0.15, 0.2) is 0 Å². The molecule has 114 valence electrons. The number of methoxy groups -OCH3 is 1. The van der Waals surface area contributed by atoms with E-state index >= 15 is 0 Å². The number of hydrogen-bond donors (Lipinski definition) is 0. The Morgan fingerprint density at radius 2 is 2.29 bits per heavy atom. The van der Waals surface area contributed by atoms with Gasteiger partial charge in [-0.1, -0.05) is 11.3 Å². The summed E-state index contributed by atoms with van der Waals surface area (Å²) in [4.78, 5) is 3.67. The summed E-state index contributed by atoms with van der Waals surface area (Å²) in [5.41, 5.74) is 0. The molecular weight excluding hydrogens is 294 g/mol. The fourth-order valence-electron chi connectivity index (χ4n) is 2.05. The van der Waals surface area contributed by atoms with Crippen molar-refractivity contribution < 1.29 is 9.47 Å². The second kappa shape index (κ2) is 6.41. The van der Waals surface area contributed by atoms with Gasteiger partial charge in [0, 0.05) is 13.7 Å². The molecule has 2 aromatic heterocycles. The molecule has 1 atom stereocenters. The Kier molecular flexibility index (Phi) is 4.36. The van der Waals surface area contributed by atoms with Crippen LogP contribution < -0.4 is 4.90 Å². The fraction of sp³-hybridized carbons (Fsp3) is 0.727. The van der Waals surface area contributed by atoms with Gasteiger partial charge in [0.1, 0.15) is 11.1 Å². The third-order valence-corrected chi connectivity index (χ3v) is 4.00. The maximum atomic E-state index is 5.75. The minimum atomic E-state index is -0.195. The summed E-state index contributed by atoms with van der Waals surface area (Å²) >= 11 is 1.58. The first-order valence-electron chi connectivity index (χ1n) is 6.69. The first-order valence-corrected chi connectivity index (χ1v) is 7.51. The maximum absolute atomic E-state index is 5.75. The molecule has 1 unspecified atom stereocenters. The second-order valence-electron chi connectivity index (χ2n) is 4.65. The van der Waals surface area contributed by atoms with Crippen LogP contribution in [-0.2, 0) is 16.0 Å². The van der Waals surface area contributed by atoms with Gasteiger partial charge in [-0.3, -0.25) is 0 Å². The maximum Gasteiger partial charge on any atom is 0.208 e. The topological polar surface area (TPSA) is 91.1 Å². The Hall–Kier alpha value is -1.65. The number of hydrogen-bond acceptors (Lipinski definition) is 9. The standard InChI is InChI=1S/C11H17N7O2S/c1-8-12-14-11(21-8)17-3-6-20-9(7-17)10-13-16-18(15-10)4-5-19-2/h9H,3-7H2,1-2H3. The molecule has 2 aromatic rings. The van der Waals surface area contributed by atoms with E-state index in [-0.39, 0.29) is 6.10 Å². The van der Waals surface area contributed by atoms with Crippen molar-refractivity contribution in [1.29, 1.82) is 0 Å². The first-order chi connectivity index (χ1) is 10.3. The molecule has 1 saturated heterocycles. The highest BCUT2D eigenvalue weighted by Gasteiger charge is 2.27. The Morgan fingerprint density at radius 1 is 1.38 bits per heavy atom. The second-order valence-corrected chi connectivity index (χ2v) is 5.81. The van der Waals surface area contributed by atoms with Crippen molar-refractivity contribution in [3.8, 4) is 0 Å². The van der Waals surface area contributed by atoms with Crippen LogP contribution >= 0.6 is 11.3 Å². The highest BCUT2D eigenvalue weighted by molar-refractivity contribution is 7.15. The molecule has 21 heavy (non-hydrogen) atoms. The van der Waals surface area contributed by atoms with Crippen LogP contribution in [0.1, 0.15) is 16.9 Å². The van der Waals surface area contributed by atoms with Crippen molar-refractivity contribution in [3.63, 3.8) is 0 Å². The molecule has 0 saturated carbocycles. The van der Waals surface area contributed by atoms with Crippen molar-refractivity contribution in [2.24, 2.45) is 0 Å². The average Bonchev–Trinajstić information content (AvgIpc) is 3.14. The Morgan fingerprint density at radius 3 is 3.05 bits per heavy atom. The van der Waals surface area contributed by atoms with Crippen LogP contribution in [0.3, 0.4) is 0 Å². The normalized spacial score (nSPS) is 19.1. The molecule has 0 radical (unpaired) electrons. The third-order valence-electron chi connectivity index (χ3n) is 3.10. The fourth-order valence-corrected chi connectivity index (χ4v) is 2.77. The van der Waals surface area contributed by atoms with E-state index in [1.54, 1.807) is 18.4 Å². The first kappa shape index (κ1) is 14.3. The van der Waals surface area contributed by atoms with Crippen LogP contribution in [-0.4, -0.2) is 63.8 Å². The lowest BCUT2D eigenvalue weighted by Gasteiger charge is -2.30. The molecule has 0 amide bonds. The van der Waals surface area contributed by atoms with E-state index in [0.717, 1.165) is 16.7 Å². The predicted octanol–water partition coefficient (Wildman–Crippen LogP) is 0.0573. The number of aromatic nitrogens is 6. The Bertz CT molecular complexity index is 587. The van der Waals surface area contributed by atoms with Crippen LogP contribution in [0.4, 0.5) is 5.13 Å². The van der Waals surface area contributed by atoms with Gasteiger partial charge < -0.3 is 14.4 Å². The molecule has 1 aliphatic heterocycles.